The zero-order valence-corrected chi connectivity index (χ0v) is 26.5. The topological polar surface area (TPSA) is 148 Å². The van der Waals surface area contributed by atoms with Gasteiger partial charge in [0.2, 0.25) is 11.8 Å². The van der Waals surface area contributed by atoms with Gasteiger partial charge >= 0.3 is 6.03 Å². The van der Waals surface area contributed by atoms with E-state index in [-0.39, 0.29) is 19.0 Å². The Labute approximate surface area is 272 Å². The Hall–Kier alpha value is -5.75. The van der Waals surface area contributed by atoms with E-state index in [1.54, 1.807) is 28.9 Å². The van der Waals surface area contributed by atoms with E-state index in [0.29, 0.717) is 23.0 Å². The Morgan fingerprint density at radius 2 is 1.66 bits per heavy atom. The minimum atomic E-state index is -0.447. The molecule has 242 valence electrons. The molecule has 2 heterocycles. The summed E-state index contributed by atoms with van der Waals surface area (Å²) in [5.41, 5.74) is 3.49. The van der Waals surface area contributed by atoms with Gasteiger partial charge in [-0.25, -0.2) is 14.5 Å². The van der Waals surface area contributed by atoms with Gasteiger partial charge in [-0.15, -0.1) is 0 Å². The smallest absolute Gasteiger partial charge is 0.324 e. The molecule has 5 aromatic rings. The van der Waals surface area contributed by atoms with Crippen LogP contribution >= 0.6 is 0 Å². The summed E-state index contributed by atoms with van der Waals surface area (Å²) >= 11 is 0. The highest BCUT2D eigenvalue weighted by atomic mass is 16.5. The highest BCUT2D eigenvalue weighted by Crippen LogP contribution is 2.35. The van der Waals surface area contributed by atoms with Crippen molar-refractivity contribution in [3.63, 3.8) is 0 Å². The summed E-state index contributed by atoms with van der Waals surface area (Å²) in [6.07, 6.45) is 4.37. The maximum Gasteiger partial charge on any atom is 0.324 e. The van der Waals surface area contributed by atoms with E-state index in [2.05, 4.69) is 33.2 Å². The summed E-state index contributed by atoms with van der Waals surface area (Å²) < 4.78 is 12.7. The number of pyridine rings is 1. The van der Waals surface area contributed by atoms with Crippen LogP contribution < -0.4 is 26.0 Å². The first-order valence-corrected chi connectivity index (χ1v) is 15.3. The largest absolute Gasteiger partial charge is 0.457 e. The molecule has 5 rings (SSSR count). The normalized spacial score (nSPS) is 10.8. The van der Waals surface area contributed by atoms with Crippen LogP contribution in [0.2, 0.25) is 0 Å². The average Bonchev–Trinajstić information content (AvgIpc) is 3.46. The third kappa shape index (κ3) is 8.70. The molecule has 4 amide bonds. The Morgan fingerprint density at radius 1 is 0.872 bits per heavy atom. The van der Waals surface area contributed by atoms with Gasteiger partial charge in [-0.2, -0.15) is 5.10 Å². The van der Waals surface area contributed by atoms with Gasteiger partial charge in [0, 0.05) is 36.2 Å². The first-order chi connectivity index (χ1) is 22.8. The lowest BCUT2D eigenvalue weighted by Gasteiger charge is -2.15. The third-order valence-electron chi connectivity index (χ3n) is 7.15. The van der Waals surface area contributed by atoms with Crippen molar-refractivity contribution in [3.05, 3.63) is 96.3 Å². The predicted molar refractivity (Wildman–Crippen MR) is 181 cm³/mol. The van der Waals surface area contributed by atoms with Crippen molar-refractivity contribution in [1.29, 1.82) is 0 Å². The first kappa shape index (κ1) is 32.6. The number of fused-ring (bicyclic) bond motifs is 1. The van der Waals surface area contributed by atoms with Crippen LogP contribution in [0, 0.1) is 6.92 Å². The lowest BCUT2D eigenvalue weighted by atomic mass is 10.1. The van der Waals surface area contributed by atoms with Crippen LogP contribution in [0.5, 0.6) is 11.5 Å². The second-order valence-corrected chi connectivity index (χ2v) is 10.8. The number of rotatable bonds is 13. The van der Waals surface area contributed by atoms with Crippen molar-refractivity contribution < 1.29 is 23.9 Å². The summed E-state index contributed by atoms with van der Waals surface area (Å²) in [5, 5.41) is 17.3. The maximum absolute atomic E-state index is 13.3. The molecule has 12 nitrogen and oxygen atoms in total. The van der Waals surface area contributed by atoms with E-state index in [4.69, 9.17) is 14.6 Å². The molecule has 0 atom stereocenters. The molecule has 0 saturated carbocycles. The molecule has 47 heavy (non-hydrogen) atoms. The van der Waals surface area contributed by atoms with Gasteiger partial charge < -0.3 is 25.4 Å². The number of benzene rings is 3. The van der Waals surface area contributed by atoms with Crippen molar-refractivity contribution in [2.45, 2.75) is 33.1 Å². The fraction of sp³-hybridized carbons (Fsp3) is 0.229. The number of nitrogens with zero attached hydrogens (tertiary/aromatic N) is 3. The lowest BCUT2D eigenvalue weighted by molar-refractivity contribution is -0.127. The standard InChI is InChI=1S/C35H37N7O5/c1-4-5-8-24-19-32(42(41-24)25-13-11-23(2)12-14-25)40-35(45)38-29-15-16-30(28-10-7-6-9-27(28)29)47-26-17-18-36-31(20-26)39-33(43)21-37-34(44)22-46-3/h6-7,9-20H,4-5,8,21-22H2,1-3H3,(H,37,44)(H,36,39,43)(H2,38,40,45). The summed E-state index contributed by atoms with van der Waals surface area (Å²) in [4.78, 5) is 41.3. The molecule has 0 bridgehead atoms. The molecule has 12 heteroatoms. The third-order valence-corrected chi connectivity index (χ3v) is 7.15. The Kier molecular flexibility index (Phi) is 10.8. The van der Waals surface area contributed by atoms with Gasteiger partial charge in [0.25, 0.3) is 0 Å². The number of carbonyl (C=O) groups is 3. The summed E-state index contributed by atoms with van der Waals surface area (Å²) in [6.45, 7) is 3.80. The molecular weight excluding hydrogens is 598 g/mol. The monoisotopic (exact) mass is 635 g/mol. The molecule has 4 N–H and O–H groups in total. The van der Waals surface area contributed by atoms with E-state index in [1.165, 1.54) is 13.3 Å². The molecule has 0 aliphatic rings. The van der Waals surface area contributed by atoms with Gasteiger partial charge in [0.1, 0.15) is 29.7 Å². The molecule has 0 spiro atoms. The average molecular weight is 636 g/mol. The SMILES string of the molecule is CCCCc1cc(NC(=O)Nc2ccc(Oc3ccnc(NC(=O)CNC(=O)COC)c3)c3ccccc23)n(-c2ccc(C)cc2)n1. The Balaban J connectivity index is 1.30. The van der Waals surface area contributed by atoms with Crippen molar-refractivity contribution in [2.75, 3.05) is 36.2 Å². The molecule has 0 fully saturated rings. The molecule has 0 aliphatic carbocycles. The lowest BCUT2D eigenvalue weighted by Crippen LogP contribution is -2.35. The van der Waals surface area contributed by atoms with Crippen LogP contribution in [0.3, 0.4) is 0 Å². The molecule has 2 aromatic heterocycles. The number of ether oxygens (including phenoxy) is 2. The Morgan fingerprint density at radius 3 is 2.43 bits per heavy atom. The first-order valence-electron chi connectivity index (χ1n) is 15.3. The molecule has 0 aliphatic heterocycles. The number of urea groups is 1. The van der Waals surface area contributed by atoms with E-state index in [9.17, 15) is 14.4 Å². The number of methoxy groups -OCH3 is 1. The summed E-state index contributed by atoms with van der Waals surface area (Å²) in [7, 11) is 1.40. The van der Waals surface area contributed by atoms with Crippen LogP contribution in [0.1, 0.15) is 31.0 Å². The zero-order chi connectivity index (χ0) is 33.2. The minimum absolute atomic E-state index is 0.137. The van der Waals surface area contributed by atoms with Gasteiger partial charge in [-0.05, 0) is 50.1 Å². The van der Waals surface area contributed by atoms with Crippen LogP contribution in [0.4, 0.5) is 22.1 Å². The quantitative estimate of drug-likeness (QED) is 0.120. The summed E-state index contributed by atoms with van der Waals surface area (Å²) in [5.74, 6) is 0.957. The fourth-order valence-corrected chi connectivity index (χ4v) is 4.84. The van der Waals surface area contributed by atoms with Crippen LogP contribution in [-0.4, -0.2) is 52.9 Å². The van der Waals surface area contributed by atoms with Crippen LogP contribution in [0.25, 0.3) is 16.5 Å². The molecular formula is C35H37N7O5. The highest BCUT2D eigenvalue weighted by molar-refractivity contribution is 6.07. The van der Waals surface area contributed by atoms with Crippen molar-refractivity contribution in [2.24, 2.45) is 0 Å². The highest BCUT2D eigenvalue weighted by Gasteiger charge is 2.15. The van der Waals surface area contributed by atoms with E-state index in [1.807, 2.05) is 61.5 Å². The van der Waals surface area contributed by atoms with E-state index < -0.39 is 17.8 Å². The molecule has 0 saturated heterocycles. The van der Waals surface area contributed by atoms with Gasteiger partial charge in [0.05, 0.1) is 23.6 Å². The molecule has 0 unspecified atom stereocenters. The number of aromatic nitrogens is 3. The predicted octanol–water partition coefficient (Wildman–Crippen LogP) is 6.21. The van der Waals surface area contributed by atoms with Gasteiger partial charge in [0.15, 0.2) is 0 Å². The van der Waals surface area contributed by atoms with E-state index in [0.717, 1.165) is 47.0 Å². The Bertz CT molecular complexity index is 1870. The number of hydrogen-bond donors (Lipinski definition) is 4. The molecule has 3 aromatic carbocycles. The van der Waals surface area contributed by atoms with E-state index >= 15 is 0 Å². The summed E-state index contributed by atoms with van der Waals surface area (Å²) in [6, 6.07) is 23.8. The second kappa shape index (κ2) is 15.5. The number of aryl methyl sites for hydroxylation is 2. The maximum atomic E-state index is 13.3. The number of nitrogens with one attached hydrogen (secondary N) is 4. The van der Waals surface area contributed by atoms with Crippen LogP contribution in [-0.2, 0) is 20.7 Å². The number of anilines is 3. The molecule has 0 radical (unpaired) electrons. The van der Waals surface area contributed by atoms with Crippen molar-refractivity contribution in [3.8, 4) is 17.2 Å². The zero-order valence-electron chi connectivity index (χ0n) is 26.5. The van der Waals surface area contributed by atoms with Gasteiger partial charge in [-0.3, -0.25) is 14.9 Å². The number of unbranched alkanes of at least 4 members (excludes halogenated alkanes) is 1. The number of amides is 4. The number of hydrogen-bond acceptors (Lipinski definition) is 7. The van der Waals surface area contributed by atoms with Gasteiger partial charge in [-0.1, -0.05) is 55.3 Å². The van der Waals surface area contributed by atoms with Crippen molar-refractivity contribution in [1.82, 2.24) is 20.1 Å². The number of carbonyl (C=O) groups excluding carboxylic acids is 3. The minimum Gasteiger partial charge on any atom is -0.457 e. The fourth-order valence-electron chi connectivity index (χ4n) is 4.84. The van der Waals surface area contributed by atoms with Crippen molar-refractivity contribution >= 4 is 45.9 Å². The van der Waals surface area contributed by atoms with Crippen LogP contribution in [0.15, 0.2) is 85.1 Å². The second-order valence-electron chi connectivity index (χ2n) is 10.8.